The lowest BCUT2D eigenvalue weighted by atomic mass is 9.88. The number of methoxy groups -OCH3 is 4. The lowest BCUT2D eigenvalue weighted by molar-refractivity contribution is -0.121. The van der Waals surface area contributed by atoms with E-state index in [2.05, 4.69) is 5.32 Å². The molecule has 4 rings (SSSR count). The molecular formula is C37H39NO11. The van der Waals surface area contributed by atoms with Gasteiger partial charge in [-0.25, -0.2) is 4.79 Å². The van der Waals surface area contributed by atoms with Gasteiger partial charge in [0.1, 0.15) is 0 Å². The monoisotopic (exact) mass is 673 g/mol. The van der Waals surface area contributed by atoms with Crippen molar-refractivity contribution in [1.29, 1.82) is 0 Å². The van der Waals surface area contributed by atoms with E-state index in [0.29, 0.717) is 22.3 Å². The molecule has 2 aliphatic rings. The summed E-state index contributed by atoms with van der Waals surface area (Å²) in [6.07, 6.45) is 0.366. The number of ether oxygens (including phenoxy) is 4. The first-order chi connectivity index (χ1) is 23.2. The molecule has 2 aliphatic carbocycles. The number of benzene rings is 2. The molecule has 0 spiro atoms. The molecule has 12 nitrogen and oxygen atoms in total. The number of carbonyl (C=O) groups excluding carboxylic acids is 5. The minimum atomic E-state index is -1.05. The number of carbonyl (C=O) groups is 6. The van der Waals surface area contributed by atoms with Crippen molar-refractivity contribution in [1.82, 2.24) is 5.32 Å². The van der Waals surface area contributed by atoms with Gasteiger partial charge in [0.05, 0.1) is 34.0 Å². The fourth-order valence-corrected chi connectivity index (χ4v) is 5.20. The van der Waals surface area contributed by atoms with Gasteiger partial charge in [0.25, 0.3) is 5.91 Å². The summed E-state index contributed by atoms with van der Waals surface area (Å²) in [5, 5.41) is 11.9. The second-order valence-electron chi connectivity index (χ2n) is 11.3. The van der Waals surface area contributed by atoms with E-state index < -0.39 is 17.5 Å². The van der Waals surface area contributed by atoms with Crippen LogP contribution in [0.3, 0.4) is 0 Å². The Labute approximate surface area is 284 Å². The SMILES string of the molecule is COC1=C(OC)C(=O)C(Cc2cccc(C(=O)NC(C)C)c2)=C(C)C1=O.COC1=C(OC)C(=O)C(Cc2cccc(C(=O)O)c2)=C(C)C1=O. The van der Waals surface area contributed by atoms with Crippen molar-refractivity contribution < 1.29 is 52.8 Å². The number of nitrogens with one attached hydrogen (secondary N) is 1. The molecule has 2 N–H and O–H groups in total. The van der Waals surface area contributed by atoms with Crippen LogP contribution < -0.4 is 5.32 Å². The molecule has 0 atom stereocenters. The highest BCUT2D eigenvalue weighted by molar-refractivity contribution is 6.24. The van der Waals surface area contributed by atoms with Crippen LogP contribution in [0.1, 0.15) is 59.5 Å². The van der Waals surface area contributed by atoms with Crippen molar-refractivity contribution in [2.24, 2.45) is 0 Å². The summed E-state index contributed by atoms with van der Waals surface area (Å²) in [7, 11) is 5.25. The molecule has 1 amide bonds. The maximum Gasteiger partial charge on any atom is 0.335 e. The summed E-state index contributed by atoms with van der Waals surface area (Å²) in [5.41, 5.74) is 3.21. The van der Waals surface area contributed by atoms with Gasteiger partial charge in [-0.2, -0.15) is 0 Å². The number of hydrogen-bond donors (Lipinski definition) is 2. The van der Waals surface area contributed by atoms with Gasteiger partial charge >= 0.3 is 5.97 Å². The van der Waals surface area contributed by atoms with Crippen LogP contribution in [0.15, 0.2) is 93.9 Å². The van der Waals surface area contributed by atoms with E-state index in [0.717, 1.165) is 5.56 Å². The Bertz CT molecular complexity index is 1840. The Morgan fingerprint density at radius 1 is 0.633 bits per heavy atom. The molecule has 2 aromatic carbocycles. The Morgan fingerprint density at radius 2 is 1.00 bits per heavy atom. The van der Waals surface area contributed by atoms with Gasteiger partial charge < -0.3 is 29.4 Å². The van der Waals surface area contributed by atoms with E-state index in [1.807, 2.05) is 19.9 Å². The number of Topliss-reactive ketones (excluding diaryl/α,β-unsaturated/α-hetero) is 4. The summed E-state index contributed by atoms with van der Waals surface area (Å²) in [6.45, 7) is 6.90. The van der Waals surface area contributed by atoms with E-state index in [1.165, 1.54) is 40.6 Å². The lowest BCUT2D eigenvalue weighted by Crippen LogP contribution is -2.30. The van der Waals surface area contributed by atoms with Crippen LogP contribution in [-0.4, -0.2) is 74.6 Å². The molecule has 2 aromatic rings. The maximum absolute atomic E-state index is 12.7. The van der Waals surface area contributed by atoms with Gasteiger partial charge in [-0.1, -0.05) is 24.3 Å². The zero-order valence-electron chi connectivity index (χ0n) is 28.6. The third-order valence-corrected chi connectivity index (χ3v) is 7.73. The quantitative estimate of drug-likeness (QED) is 0.327. The Hall–Kier alpha value is -5.78. The van der Waals surface area contributed by atoms with Crippen molar-refractivity contribution in [3.05, 3.63) is 116 Å². The minimum absolute atomic E-state index is 0.0236. The predicted octanol–water partition coefficient (Wildman–Crippen LogP) is 4.24. The first-order valence-corrected chi connectivity index (χ1v) is 15.1. The topological polar surface area (TPSA) is 172 Å². The smallest absolute Gasteiger partial charge is 0.335 e. The standard InChI is InChI=1S/C20H23NO5.C17H16O6/c1-11(2)21-20(24)14-8-6-7-13(9-14)10-15-12(3)16(22)18(25-4)19(26-5)17(15)23;1-9-12(8-10-5-4-6-11(7-10)17(20)21)14(19)16(23-3)15(22-2)13(9)18/h6-9,11H,10H2,1-5H3,(H,21,24);4-7H,8H2,1-3H3,(H,20,21). The third-order valence-electron chi connectivity index (χ3n) is 7.73. The van der Waals surface area contributed by atoms with Crippen LogP contribution in [-0.2, 0) is 51.0 Å². The number of carboxylic acids is 1. The molecule has 0 unspecified atom stereocenters. The van der Waals surface area contributed by atoms with E-state index in [9.17, 15) is 28.8 Å². The summed E-state index contributed by atoms with van der Waals surface area (Å²) in [4.78, 5) is 73.1. The van der Waals surface area contributed by atoms with Crippen molar-refractivity contribution in [3.8, 4) is 0 Å². The Balaban J connectivity index is 0.000000267. The minimum Gasteiger partial charge on any atom is -0.489 e. The molecule has 49 heavy (non-hydrogen) atoms. The molecule has 0 saturated heterocycles. The van der Waals surface area contributed by atoms with Gasteiger partial charge in [0.15, 0.2) is 0 Å². The highest BCUT2D eigenvalue weighted by Crippen LogP contribution is 2.29. The summed E-state index contributed by atoms with van der Waals surface area (Å²) < 4.78 is 20.1. The third kappa shape index (κ3) is 8.39. The fourth-order valence-electron chi connectivity index (χ4n) is 5.20. The number of allylic oxidation sites excluding steroid dienone is 4. The van der Waals surface area contributed by atoms with E-state index in [-0.39, 0.29) is 76.1 Å². The van der Waals surface area contributed by atoms with Crippen molar-refractivity contribution in [2.45, 2.75) is 46.6 Å². The fraction of sp³-hybridized carbons (Fsp3) is 0.297. The normalized spacial score (nSPS) is 15.0. The number of amides is 1. The van der Waals surface area contributed by atoms with E-state index >= 15 is 0 Å². The van der Waals surface area contributed by atoms with Crippen LogP contribution in [0, 0.1) is 0 Å². The van der Waals surface area contributed by atoms with Gasteiger partial charge in [0.2, 0.25) is 46.2 Å². The van der Waals surface area contributed by atoms with Crippen LogP contribution in [0.2, 0.25) is 0 Å². The summed E-state index contributed by atoms with van der Waals surface area (Å²) in [6, 6.07) is 13.2. The zero-order chi connectivity index (χ0) is 36.6. The Morgan fingerprint density at radius 3 is 1.37 bits per heavy atom. The van der Waals surface area contributed by atoms with E-state index in [1.54, 1.807) is 44.2 Å². The predicted molar refractivity (Wildman–Crippen MR) is 177 cm³/mol. The molecule has 0 saturated carbocycles. The molecule has 0 aromatic heterocycles. The number of ketones is 4. The van der Waals surface area contributed by atoms with Crippen molar-refractivity contribution in [3.63, 3.8) is 0 Å². The number of aromatic carboxylic acids is 1. The molecule has 0 fully saturated rings. The molecule has 12 heteroatoms. The second kappa shape index (κ2) is 16.4. The molecule has 0 heterocycles. The first-order valence-electron chi connectivity index (χ1n) is 15.1. The average Bonchev–Trinajstić information content (AvgIpc) is 3.08. The lowest BCUT2D eigenvalue weighted by Gasteiger charge is -2.20. The molecular weight excluding hydrogens is 634 g/mol. The number of carboxylic acid groups (broad SMARTS) is 1. The molecule has 0 radical (unpaired) electrons. The van der Waals surface area contributed by atoms with Crippen molar-refractivity contribution >= 4 is 35.0 Å². The van der Waals surface area contributed by atoms with Gasteiger partial charge in [-0.15, -0.1) is 0 Å². The first kappa shape index (κ1) is 37.7. The Kier molecular flexibility index (Phi) is 12.6. The molecule has 0 aliphatic heterocycles. The van der Waals surface area contributed by atoms with Gasteiger partial charge in [-0.05, 0) is 63.1 Å². The second-order valence-corrected chi connectivity index (χ2v) is 11.3. The molecule has 258 valence electrons. The van der Waals surface area contributed by atoms with Crippen LogP contribution in [0.25, 0.3) is 0 Å². The highest BCUT2D eigenvalue weighted by Gasteiger charge is 2.36. The van der Waals surface area contributed by atoms with Crippen LogP contribution in [0.4, 0.5) is 0 Å². The van der Waals surface area contributed by atoms with E-state index in [4.69, 9.17) is 24.1 Å². The highest BCUT2D eigenvalue weighted by atomic mass is 16.5. The largest absolute Gasteiger partial charge is 0.489 e. The van der Waals surface area contributed by atoms with Crippen molar-refractivity contribution in [2.75, 3.05) is 28.4 Å². The summed E-state index contributed by atoms with van der Waals surface area (Å²) in [5.74, 6) is -3.23. The van der Waals surface area contributed by atoms with Crippen LogP contribution >= 0.6 is 0 Å². The number of rotatable bonds is 11. The van der Waals surface area contributed by atoms with Gasteiger partial charge in [-0.3, -0.25) is 24.0 Å². The maximum atomic E-state index is 12.7. The molecule has 0 bridgehead atoms. The van der Waals surface area contributed by atoms with Crippen LogP contribution in [0.5, 0.6) is 0 Å². The summed E-state index contributed by atoms with van der Waals surface area (Å²) >= 11 is 0. The van der Waals surface area contributed by atoms with Gasteiger partial charge in [0, 0.05) is 46.7 Å². The number of hydrogen-bond acceptors (Lipinski definition) is 10. The average molecular weight is 674 g/mol. The zero-order valence-corrected chi connectivity index (χ0v) is 28.6.